The van der Waals surface area contributed by atoms with Gasteiger partial charge in [0.05, 0.1) is 0 Å². The molecule has 1 aromatic rings. The van der Waals surface area contributed by atoms with Crippen LogP contribution >= 0.6 is 11.3 Å². The summed E-state index contributed by atoms with van der Waals surface area (Å²) in [6.07, 6.45) is 2.89. The highest BCUT2D eigenvalue weighted by molar-refractivity contribution is 7.15. The van der Waals surface area contributed by atoms with Gasteiger partial charge in [-0.05, 0) is 24.7 Å². The molecule has 7 heteroatoms. The maximum Gasteiger partial charge on any atom is 0.445 e. The third kappa shape index (κ3) is 2.57. The molecule has 0 amide bonds. The molecule has 1 spiro atoms. The monoisotopic (exact) mass is 291 g/mol. The van der Waals surface area contributed by atoms with Gasteiger partial charge in [0.25, 0.3) is 0 Å². The van der Waals surface area contributed by atoms with Crippen LogP contribution in [0.15, 0.2) is 0 Å². The molecule has 3 rings (SSSR count). The van der Waals surface area contributed by atoms with Crippen LogP contribution in [0, 0.1) is 5.41 Å². The van der Waals surface area contributed by atoms with Gasteiger partial charge < -0.3 is 4.90 Å². The third-order valence-corrected chi connectivity index (χ3v) is 5.31. The molecule has 1 aliphatic heterocycles. The van der Waals surface area contributed by atoms with Gasteiger partial charge in [-0.15, -0.1) is 10.2 Å². The standard InChI is InChI=1S/C12H16F3N3S/c13-12(14,15)9-16-17-10(19-9)18-7-6-11(8-18)4-2-1-3-5-11/h1-8H2. The number of rotatable bonds is 1. The minimum absolute atomic E-state index is 0.322. The molecule has 2 heterocycles. The second-order valence-corrected chi connectivity index (χ2v) is 6.58. The van der Waals surface area contributed by atoms with E-state index in [0.717, 1.165) is 19.5 Å². The van der Waals surface area contributed by atoms with Crippen molar-refractivity contribution < 1.29 is 13.2 Å². The van der Waals surface area contributed by atoms with Gasteiger partial charge in [0, 0.05) is 13.1 Å². The van der Waals surface area contributed by atoms with E-state index in [1.54, 1.807) is 0 Å². The summed E-state index contributed by atoms with van der Waals surface area (Å²) in [5, 5.41) is 6.57. The number of nitrogens with zero attached hydrogens (tertiary/aromatic N) is 3. The van der Waals surface area contributed by atoms with Gasteiger partial charge in [-0.25, -0.2) is 0 Å². The minimum atomic E-state index is -4.38. The maximum absolute atomic E-state index is 12.5. The predicted octanol–water partition coefficient (Wildman–Crippen LogP) is 3.72. The Kier molecular flexibility index (Phi) is 3.19. The highest BCUT2D eigenvalue weighted by Gasteiger charge is 2.41. The zero-order valence-corrected chi connectivity index (χ0v) is 11.4. The first kappa shape index (κ1) is 13.1. The smallest absolute Gasteiger partial charge is 0.346 e. The van der Waals surface area contributed by atoms with Gasteiger partial charge in [0.1, 0.15) is 0 Å². The molecule has 1 aliphatic carbocycles. The fourth-order valence-electron chi connectivity index (χ4n) is 3.27. The highest BCUT2D eigenvalue weighted by atomic mass is 32.1. The first-order valence-corrected chi connectivity index (χ1v) is 7.46. The maximum atomic E-state index is 12.5. The van der Waals surface area contributed by atoms with Crippen LogP contribution in [0.5, 0.6) is 0 Å². The topological polar surface area (TPSA) is 29.0 Å². The Bertz CT molecular complexity index is 451. The van der Waals surface area contributed by atoms with Gasteiger partial charge >= 0.3 is 6.18 Å². The van der Waals surface area contributed by atoms with Crippen molar-refractivity contribution in [1.82, 2.24) is 10.2 Å². The van der Waals surface area contributed by atoms with E-state index >= 15 is 0 Å². The number of aromatic nitrogens is 2. The quantitative estimate of drug-likeness (QED) is 0.789. The van der Waals surface area contributed by atoms with Crippen LogP contribution in [-0.2, 0) is 6.18 Å². The Labute approximate surface area is 113 Å². The van der Waals surface area contributed by atoms with Crippen molar-refractivity contribution in [1.29, 1.82) is 0 Å². The molecular weight excluding hydrogens is 275 g/mol. The molecule has 0 aromatic carbocycles. The zero-order valence-electron chi connectivity index (χ0n) is 10.5. The zero-order chi connectivity index (χ0) is 13.5. The largest absolute Gasteiger partial charge is 0.445 e. The summed E-state index contributed by atoms with van der Waals surface area (Å²) in [5.74, 6) is 0. The molecule has 1 aromatic heterocycles. The van der Waals surface area contributed by atoms with E-state index in [0.29, 0.717) is 21.9 Å². The van der Waals surface area contributed by atoms with E-state index < -0.39 is 11.2 Å². The number of hydrogen-bond acceptors (Lipinski definition) is 4. The summed E-state index contributed by atoms with van der Waals surface area (Å²) in [6.45, 7) is 1.66. The summed E-state index contributed by atoms with van der Waals surface area (Å²) >= 11 is 0.663. The molecule has 0 radical (unpaired) electrons. The van der Waals surface area contributed by atoms with E-state index in [1.807, 2.05) is 4.90 Å². The molecule has 0 bridgehead atoms. The molecule has 2 aliphatic rings. The summed E-state index contributed by atoms with van der Waals surface area (Å²) < 4.78 is 37.6. The summed E-state index contributed by atoms with van der Waals surface area (Å²) in [4.78, 5) is 1.98. The van der Waals surface area contributed by atoms with Crippen molar-refractivity contribution in [2.45, 2.75) is 44.7 Å². The van der Waals surface area contributed by atoms with Crippen molar-refractivity contribution in [3.05, 3.63) is 5.01 Å². The van der Waals surface area contributed by atoms with Crippen LogP contribution in [-0.4, -0.2) is 23.3 Å². The molecule has 0 unspecified atom stereocenters. The molecule has 19 heavy (non-hydrogen) atoms. The minimum Gasteiger partial charge on any atom is -0.346 e. The second-order valence-electron chi connectivity index (χ2n) is 5.62. The van der Waals surface area contributed by atoms with E-state index in [-0.39, 0.29) is 0 Å². The lowest BCUT2D eigenvalue weighted by atomic mass is 9.74. The Morgan fingerprint density at radius 2 is 1.79 bits per heavy atom. The molecule has 2 fully saturated rings. The van der Waals surface area contributed by atoms with E-state index in [1.165, 1.54) is 32.1 Å². The molecule has 1 saturated carbocycles. The van der Waals surface area contributed by atoms with Gasteiger partial charge in [0.15, 0.2) is 0 Å². The molecule has 3 nitrogen and oxygen atoms in total. The Balaban J connectivity index is 1.72. The van der Waals surface area contributed by atoms with Gasteiger partial charge in [0.2, 0.25) is 10.1 Å². The summed E-state index contributed by atoms with van der Waals surface area (Å²) in [6, 6.07) is 0. The van der Waals surface area contributed by atoms with Crippen LogP contribution in [0.3, 0.4) is 0 Å². The SMILES string of the molecule is FC(F)(F)c1nnc(N2CCC3(CCCCC3)C2)s1. The number of halogens is 3. The van der Waals surface area contributed by atoms with Crippen molar-refractivity contribution in [2.24, 2.45) is 5.41 Å². The fourth-order valence-corrected chi connectivity index (χ4v) is 4.00. The first-order valence-electron chi connectivity index (χ1n) is 6.64. The van der Waals surface area contributed by atoms with Crippen molar-refractivity contribution in [2.75, 3.05) is 18.0 Å². The van der Waals surface area contributed by atoms with Gasteiger partial charge in [-0.2, -0.15) is 13.2 Å². The van der Waals surface area contributed by atoms with Crippen molar-refractivity contribution in [3.63, 3.8) is 0 Å². The second kappa shape index (κ2) is 4.61. The van der Waals surface area contributed by atoms with Crippen molar-refractivity contribution >= 4 is 16.5 Å². The van der Waals surface area contributed by atoms with Crippen LogP contribution in [0.25, 0.3) is 0 Å². The third-order valence-electron chi connectivity index (χ3n) is 4.28. The van der Waals surface area contributed by atoms with Gasteiger partial charge in [-0.1, -0.05) is 30.6 Å². The van der Waals surface area contributed by atoms with E-state index in [4.69, 9.17) is 0 Å². The Hall–Kier alpha value is -0.850. The summed E-state index contributed by atoms with van der Waals surface area (Å²) in [7, 11) is 0. The van der Waals surface area contributed by atoms with Crippen LogP contribution in [0.2, 0.25) is 0 Å². The fraction of sp³-hybridized carbons (Fsp3) is 0.833. The van der Waals surface area contributed by atoms with Crippen LogP contribution in [0.1, 0.15) is 43.5 Å². The van der Waals surface area contributed by atoms with Crippen LogP contribution < -0.4 is 4.90 Å². The lowest BCUT2D eigenvalue weighted by Crippen LogP contribution is -2.29. The summed E-state index contributed by atoms with van der Waals surface area (Å²) in [5.41, 5.74) is 0.322. The molecule has 1 saturated heterocycles. The lowest BCUT2D eigenvalue weighted by molar-refractivity contribution is -0.138. The normalized spacial score (nSPS) is 23.2. The molecule has 0 N–H and O–H groups in total. The van der Waals surface area contributed by atoms with Crippen molar-refractivity contribution in [3.8, 4) is 0 Å². The molecular formula is C12H16F3N3S. The Morgan fingerprint density at radius 3 is 2.42 bits per heavy atom. The van der Waals surface area contributed by atoms with Gasteiger partial charge in [-0.3, -0.25) is 0 Å². The molecule has 0 atom stereocenters. The Morgan fingerprint density at radius 1 is 1.05 bits per heavy atom. The van der Waals surface area contributed by atoms with Crippen LogP contribution in [0.4, 0.5) is 18.3 Å². The number of anilines is 1. The molecule has 106 valence electrons. The highest BCUT2D eigenvalue weighted by Crippen LogP contribution is 2.45. The predicted molar refractivity (Wildman–Crippen MR) is 67.3 cm³/mol. The average Bonchev–Trinajstić information content (AvgIpc) is 2.96. The number of hydrogen-bond donors (Lipinski definition) is 0. The number of alkyl halides is 3. The van der Waals surface area contributed by atoms with E-state index in [2.05, 4.69) is 10.2 Å². The lowest BCUT2D eigenvalue weighted by Gasteiger charge is -2.33. The average molecular weight is 291 g/mol. The first-order chi connectivity index (χ1) is 8.99. The van der Waals surface area contributed by atoms with E-state index in [9.17, 15) is 13.2 Å².